The van der Waals surface area contributed by atoms with Gasteiger partial charge in [0.05, 0.1) is 0 Å². The van der Waals surface area contributed by atoms with Crippen LogP contribution in [0.25, 0.3) is 0 Å². The van der Waals surface area contributed by atoms with Crippen LogP contribution in [0.1, 0.15) is 18.7 Å². The van der Waals surface area contributed by atoms with E-state index in [1.54, 1.807) is 11.3 Å². The molecule has 0 unspecified atom stereocenters. The molecule has 0 aliphatic carbocycles. The molecule has 0 fully saturated rings. The van der Waals surface area contributed by atoms with Gasteiger partial charge in [-0.1, -0.05) is 6.07 Å². The van der Waals surface area contributed by atoms with E-state index in [9.17, 15) is 0 Å². The predicted molar refractivity (Wildman–Crippen MR) is 100 cm³/mol. The smallest absolute Gasteiger partial charge is 0.191 e. The Morgan fingerprint density at radius 2 is 2.16 bits per heavy atom. The molecule has 0 spiro atoms. The number of nitrogens with zero attached hydrogens (tertiary/aromatic N) is 1. The Morgan fingerprint density at radius 3 is 2.68 bits per heavy atom. The molecular formula is C13H24IN3S2. The molecule has 0 bridgehead atoms. The van der Waals surface area contributed by atoms with Crippen LogP contribution in [-0.2, 0) is 6.42 Å². The quantitative estimate of drug-likeness (QED) is 0.427. The van der Waals surface area contributed by atoms with Crippen molar-refractivity contribution in [3.8, 4) is 0 Å². The van der Waals surface area contributed by atoms with Gasteiger partial charge in [0.2, 0.25) is 0 Å². The molecule has 19 heavy (non-hydrogen) atoms. The van der Waals surface area contributed by atoms with Gasteiger partial charge in [-0.15, -0.1) is 35.3 Å². The number of thioether (sulfide) groups is 1. The predicted octanol–water partition coefficient (Wildman–Crippen LogP) is 3.22. The molecule has 1 heterocycles. The van der Waals surface area contributed by atoms with E-state index >= 15 is 0 Å². The number of nitrogens with one attached hydrogen (secondary N) is 2. The summed E-state index contributed by atoms with van der Waals surface area (Å²) in [5, 5.41) is 8.82. The second-order valence-electron chi connectivity index (χ2n) is 4.65. The molecule has 6 heteroatoms. The molecule has 0 aliphatic heterocycles. The number of halogens is 1. The second kappa shape index (κ2) is 9.88. The van der Waals surface area contributed by atoms with Crippen LogP contribution in [0.2, 0.25) is 0 Å². The van der Waals surface area contributed by atoms with Gasteiger partial charge in [-0.25, -0.2) is 0 Å². The minimum absolute atomic E-state index is 0. The summed E-state index contributed by atoms with van der Waals surface area (Å²) >= 11 is 3.66. The van der Waals surface area contributed by atoms with Crippen molar-refractivity contribution in [2.24, 2.45) is 4.99 Å². The molecule has 0 amide bonds. The van der Waals surface area contributed by atoms with Gasteiger partial charge in [0, 0.05) is 29.8 Å². The number of aliphatic imine (C=N–C) groups is 1. The van der Waals surface area contributed by atoms with Crippen LogP contribution in [-0.4, -0.2) is 37.1 Å². The van der Waals surface area contributed by atoms with Gasteiger partial charge in [0.25, 0.3) is 0 Å². The standard InChI is InChI=1S/C13H23N3S2.HI/c1-13(2,17-4)10-16-12(14-3)15-8-7-11-6-5-9-18-11;/h5-6,9H,7-8,10H2,1-4H3,(H2,14,15,16);1H. The van der Waals surface area contributed by atoms with Crippen LogP contribution < -0.4 is 10.6 Å². The average Bonchev–Trinajstić information content (AvgIpc) is 2.86. The average molecular weight is 413 g/mol. The molecule has 0 radical (unpaired) electrons. The van der Waals surface area contributed by atoms with Gasteiger partial charge in [0.1, 0.15) is 0 Å². The Kier molecular flexibility index (Phi) is 9.90. The Hall–Kier alpha value is 0.0500. The van der Waals surface area contributed by atoms with E-state index in [-0.39, 0.29) is 28.7 Å². The normalized spacial score (nSPS) is 11.9. The number of hydrogen-bond donors (Lipinski definition) is 2. The molecule has 1 rings (SSSR count). The van der Waals surface area contributed by atoms with E-state index in [0.29, 0.717) is 0 Å². The van der Waals surface area contributed by atoms with Crippen molar-refractivity contribution in [2.75, 3.05) is 26.4 Å². The molecular weight excluding hydrogens is 389 g/mol. The van der Waals surface area contributed by atoms with Gasteiger partial charge in [-0.05, 0) is 38.0 Å². The third-order valence-corrected chi connectivity index (χ3v) is 4.89. The van der Waals surface area contributed by atoms with Crippen LogP contribution in [0, 0.1) is 0 Å². The lowest BCUT2D eigenvalue weighted by molar-refractivity contribution is 0.664. The molecule has 3 nitrogen and oxygen atoms in total. The summed E-state index contributed by atoms with van der Waals surface area (Å²) in [7, 11) is 1.81. The highest BCUT2D eigenvalue weighted by molar-refractivity contribution is 14.0. The molecule has 0 saturated carbocycles. The van der Waals surface area contributed by atoms with Crippen LogP contribution in [0.15, 0.2) is 22.5 Å². The topological polar surface area (TPSA) is 36.4 Å². The van der Waals surface area contributed by atoms with Gasteiger partial charge in [0.15, 0.2) is 5.96 Å². The maximum atomic E-state index is 4.23. The summed E-state index contributed by atoms with van der Waals surface area (Å²) in [6.45, 7) is 6.28. The Labute approximate surface area is 142 Å². The fourth-order valence-electron chi connectivity index (χ4n) is 1.35. The van der Waals surface area contributed by atoms with Gasteiger partial charge < -0.3 is 10.6 Å². The molecule has 110 valence electrons. The first kappa shape index (κ1) is 19.1. The summed E-state index contributed by atoms with van der Waals surface area (Å²) < 4.78 is 0.228. The molecule has 0 aliphatic rings. The summed E-state index contributed by atoms with van der Waals surface area (Å²) in [5.41, 5.74) is 0. The van der Waals surface area contributed by atoms with Crippen molar-refractivity contribution in [2.45, 2.75) is 25.0 Å². The maximum absolute atomic E-state index is 4.23. The third-order valence-electron chi connectivity index (χ3n) is 2.70. The van der Waals surface area contributed by atoms with Crippen molar-refractivity contribution in [1.29, 1.82) is 0 Å². The highest BCUT2D eigenvalue weighted by Gasteiger charge is 2.15. The summed E-state index contributed by atoms with van der Waals surface area (Å²) in [5.74, 6) is 0.883. The lowest BCUT2D eigenvalue weighted by atomic mass is 10.2. The van der Waals surface area contributed by atoms with E-state index < -0.39 is 0 Å². The number of thiophene rings is 1. The summed E-state index contributed by atoms with van der Waals surface area (Å²) in [6, 6.07) is 4.26. The minimum Gasteiger partial charge on any atom is -0.356 e. The van der Waals surface area contributed by atoms with Crippen molar-refractivity contribution in [1.82, 2.24) is 10.6 Å². The fourth-order valence-corrected chi connectivity index (χ4v) is 2.27. The number of rotatable bonds is 6. The zero-order valence-corrected chi connectivity index (χ0v) is 16.0. The first-order valence-electron chi connectivity index (χ1n) is 6.09. The molecule has 0 atom stereocenters. The van der Waals surface area contributed by atoms with Gasteiger partial charge in [-0.3, -0.25) is 4.99 Å². The highest BCUT2D eigenvalue weighted by atomic mass is 127. The monoisotopic (exact) mass is 413 g/mol. The summed E-state index contributed by atoms with van der Waals surface area (Å²) in [6.07, 6.45) is 3.18. The first-order chi connectivity index (χ1) is 8.57. The zero-order chi connectivity index (χ0) is 13.4. The Bertz CT molecular complexity index is 364. The number of guanidine groups is 1. The third kappa shape index (κ3) is 8.04. The fraction of sp³-hybridized carbons (Fsp3) is 0.615. The van der Waals surface area contributed by atoms with Gasteiger partial charge >= 0.3 is 0 Å². The van der Waals surface area contributed by atoms with Crippen LogP contribution in [0.3, 0.4) is 0 Å². The van der Waals surface area contributed by atoms with Crippen LogP contribution >= 0.6 is 47.1 Å². The number of hydrogen-bond acceptors (Lipinski definition) is 3. The minimum atomic E-state index is 0. The zero-order valence-electron chi connectivity index (χ0n) is 12.0. The lowest BCUT2D eigenvalue weighted by Gasteiger charge is -2.23. The van der Waals surface area contributed by atoms with E-state index in [2.05, 4.69) is 53.2 Å². The molecule has 0 saturated heterocycles. The molecule has 0 aromatic carbocycles. The molecule has 1 aromatic heterocycles. The highest BCUT2D eigenvalue weighted by Crippen LogP contribution is 2.19. The van der Waals surface area contributed by atoms with E-state index in [1.807, 2.05) is 18.8 Å². The second-order valence-corrected chi connectivity index (χ2v) is 7.19. The lowest BCUT2D eigenvalue weighted by Crippen LogP contribution is -2.43. The van der Waals surface area contributed by atoms with E-state index in [0.717, 1.165) is 25.5 Å². The van der Waals surface area contributed by atoms with Crippen molar-refractivity contribution in [3.63, 3.8) is 0 Å². The van der Waals surface area contributed by atoms with Gasteiger partial charge in [-0.2, -0.15) is 11.8 Å². The Balaban J connectivity index is 0.00000324. The van der Waals surface area contributed by atoms with Crippen LogP contribution in [0.5, 0.6) is 0 Å². The maximum Gasteiger partial charge on any atom is 0.191 e. The largest absolute Gasteiger partial charge is 0.356 e. The van der Waals surface area contributed by atoms with Crippen molar-refractivity contribution < 1.29 is 0 Å². The molecule has 2 N–H and O–H groups in total. The summed E-state index contributed by atoms with van der Waals surface area (Å²) in [4.78, 5) is 5.64. The van der Waals surface area contributed by atoms with Crippen LogP contribution in [0.4, 0.5) is 0 Å². The Morgan fingerprint density at radius 1 is 1.42 bits per heavy atom. The van der Waals surface area contributed by atoms with E-state index in [4.69, 9.17) is 0 Å². The van der Waals surface area contributed by atoms with Crippen molar-refractivity contribution in [3.05, 3.63) is 22.4 Å². The van der Waals surface area contributed by atoms with E-state index in [1.165, 1.54) is 4.88 Å². The first-order valence-corrected chi connectivity index (χ1v) is 8.20. The van der Waals surface area contributed by atoms with Crippen molar-refractivity contribution >= 4 is 53.0 Å². The SMILES string of the molecule is CN=C(NCCc1cccs1)NCC(C)(C)SC.I. The molecule has 1 aromatic rings.